The normalized spacial score (nSPS) is 10.8. The lowest BCUT2D eigenvalue weighted by molar-refractivity contribution is 0.0661. The van der Waals surface area contributed by atoms with E-state index in [9.17, 15) is 4.79 Å². The van der Waals surface area contributed by atoms with Crippen LogP contribution in [0.2, 0.25) is 0 Å². The first-order chi connectivity index (χ1) is 8.56. The highest BCUT2D eigenvalue weighted by atomic mass is 79.9. The van der Waals surface area contributed by atoms with Crippen LogP contribution < -0.4 is 5.32 Å². The number of hydrogen-bond acceptors (Lipinski definition) is 4. The van der Waals surface area contributed by atoms with Gasteiger partial charge in [-0.3, -0.25) is 0 Å². The fraction of sp³-hybridized carbons (Fsp3) is 0.250. The first kappa shape index (κ1) is 13.3. The maximum atomic E-state index is 10.7. The van der Waals surface area contributed by atoms with E-state index in [0.29, 0.717) is 12.3 Å². The number of carboxylic acids is 1. The van der Waals surface area contributed by atoms with Crippen LogP contribution in [-0.2, 0) is 13.1 Å². The molecule has 0 aromatic carbocycles. The molecule has 0 saturated heterocycles. The first-order valence-corrected chi connectivity index (χ1v) is 6.94. The minimum Gasteiger partial charge on any atom is -0.475 e. The second kappa shape index (κ2) is 5.69. The first-order valence-electron chi connectivity index (χ1n) is 5.34. The third-order valence-electron chi connectivity index (χ3n) is 2.47. The largest absolute Gasteiger partial charge is 0.475 e. The van der Waals surface area contributed by atoms with Gasteiger partial charge in [0.15, 0.2) is 0 Å². The molecule has 2 aromatic rings. The van der Waals surface area contributed by atoms with E-state index in [-0.39, 0.29) is 5.76 Å². The van der Waals surface area contributed by atoms with Crippen LogP contribution in [0.25, 0.3) is 0 Å². The SMILES string of the molecule is Cc1oc(C(=O)O)cc1CNCc1ccc(Br)s1. The average Bonchev–Trinajstić information content (AvgIpc) is 2.87. The zero-order valence-electron chi connectivity index (χ0n) is 9.70. The molecule has 0 atom stereocenters. The Hall–Kier alpha value is -1.11. The van der Waals surface area contributed by atoms with Gasteiger partial charge in [0, 0.05) is 23.5 Å². The van der Waals surface area contributed by atoms with Gasteiger partial charge in [-0.15, -0.1) is 11.3 Å². The Labute approximate surface area is 117 Å². The molecule has 0 amide bonds. The lowest BCUT2D eigenvalue weighted by atomic mass is 10.2. The summed E-state index contributed by atoms with van der Waals surface area (Å²) in [5.74, 6) is -0.401. The number of thiophene rings is 1. The van der Waals surface area contributed by atoms with Gasteiger partial charge in [0.1, 0.15) is 5.76 Å². The number of furan rings is 1. The highest BCUT2D eigenvalue weighted by Gasteiger charge is 2.12. The summed E-state index contributed by atoms with van der Waals surface area (Å²) >= 11 is 5.08. The molecule has 0 saturated carbocycles. The number of hydrogen-bond donors (Lipinski definition) is 2. The van der Waals surface area contributed by atoms with Crippen molar-refractivity contribution in [2.75, 3.05) is 0 Å². The number of aromatic carboxylic acids is 1. The van der Waals surface area contributed by atoms with E-state index >= 15 is 0 Å². The molecule has 0 bridgehead atoms. The maximum absolute atomic E-state index is 10.7. The lowest BCUT2D eigenvalue weighted by Gasteiger charge is -2.01. The molecule has 18 heavy (non-hydrogen) atoms. The van der Waals surface area contributed by atoms with Crippen molar-refractivity contribution in [1.29, 1.82) is 0 Å². The van der Waals surface area contributed by atoms with Gasteiger partial charge in [0.25, 0.3) is 0 Å². The molecular weight excluding hydrogens is 318 g/mol. The van der Waals surface area contributed by atoms with Gasteiger partial charge >= 0.3 is 5.97 Å². The number of aryl methyl sites for hydroxylation is 1. The lowest BCUT2D eigenvalue weighted by Crippen LogP contribution is -2.11. The number of halogens is 1. The van der Waals surface area contributed by atoms with Crippen LogP contribution in [0.5, 0.6) is 0 Å². The van der Waals surface area contributed by atoms with Crippen LogP contribution in [0.3, 0.4) is 0 Å². The summed E-state index contributed by atoms with van der Waals surface area (Å²) in [5.41, 5.74) is 0.878. The maximum Gasteiger partial charge on any atom is 0.371 e. The molecule has 4 nitrogen and oxygen atoms in total. The van der Waals surface area contributed by atoms with Gasteiger partial charge < -0.3 is 14.8 Å². The van der Waals surface area contributed by atoms with Crippen molar-refractivity contribution in [1.82, 2.24) is 5.32 Å². The standard InChI is InChI=1S/C12H12BrNO3S/c1-7-8(4-10(17-7)12(15)16)5-14-6-9-2-3-11(13)18-9/h2-4,14H,5-6H2,1H3,(H,15,16). The highest BCUT2D eigenvalue weighted by Crippen LogP contribution is 2.22. The van der Waals surface area contributed by atoms with E-state index in [4.69, 9.17) is 9.52 Å². The number of nitrogens with one attached hydrogen (secondary N) is 1. The van der Waals surface area contributed by atoms with E-state index in [1.807, 2.05) is 12.1 Å². The molecule has 0 aliphatic carbocycles. The Morgan fingerprint density at radius 3 is 2.83 bits per heavy atom. The van der Waals surface area contributed by atoms with Crippen molar-refractivity contribution in [3.05, 3.63) is 43.9 Å². The molecule has 0 spiro atoms. The summed E-state index contributed by atoms with van der Waals surface area (Å²) in [5, 5.41) is 12.1. The van der Waals surface area contributed by atoms with Crippen LogP contribution in [0.1, 0.15) is 26.8 Å². The summed E-state index contributed by atoms with van der Waals surface area (Å²) in [4.78, 5) is 12.0. The van der Waals surface area contributed by atoms with Crippen molar-refractivity contribution in [2.24, 2.45) is 0 Å². The smallest absolute Gasteiger partial charge is 0.371 e. The van der Waals surface area contributed by atoms with Crippen molar-refractivity contribution in [3.63, 3.8) is 0 Å². The van der Waals surface area contributed by atoms with Gasteiger partial charge in [-0.1, -0.05) is 0 Å². The predicted octanol–water partition coefficient (Wildman–Crippen LogP) is 3.40. The Kier molecular flexibility index (Phi) is 4.21. The fourth-order valence-corrected chi connectivity index (χ4v) is 3.02. The fourth-order valence-electron chi connectivity index (χ4n) is 1.57. The minimum atomic E-state index is -1.04. The molecule has 2 rings (SSSR count). The van der Waals surface area contributed by atoms with Crippen LogP contribution in [0, 0.1) is 6.92 Å². The summed E-state index contributed by atoms with van der Waals surface area (Å²) in [7, 11) is 0. The van der Waals surface area contributed by atoms with Crippen LogP contribution in [0.4, 0.5) is 0 Å². The van der Waals surface area contributed by atoms with E-state index < -0.39 is 5.97 Å². The predicted molar refractivity (Wildman–Crippen MR) is 73.0 cm³/mol. The topological polar surface area (TPSA) is 62.5 Å². The van der Waals surface area contributed by atoms with Crippen LogP contribution >= 0.6 is 27.3 Å². The Morgan fingerprint density at radius 2 is 2.28 bits per heavy atom. The Morgan fingerprint density at radius 1 is 1.50 bits per heavy atom. The van der Waals surface area contributed by atoms with Gasteiger partial charge in [-0.25, -0.2) is 4.79 Å². The number of rotatable bonds is 5. The van der Waals surface area contributed by atoms with Crippen molar-refractivity contribution in [2.45, 2.75) is 20.0 Å². The van der Waals surface area contributed by atoms with Crippen molar-refractivity contribution >= 4 is 33.2 Å². The molecule has 0 fully saturated rings. The molecule has 0 unspecified atom stereocenters. The molecule has 2 aromatic heterocycles. The van der Waals surface area contributed by atoms with Gasteiger partial charge in [0.05, 0.1) is 3.79 Å². The quantitative estimate of drug-likeness (QED) is 0.882. The summed E-state index contributed by atoms with van der Waals surface area (Å²) in [6.45, 7) is 3.12. The summed E-state index contributed by atoms with van der Waals surface area (Å²) in [6, 6.07) is 5.62. The van der Waals surface area contributed by atoms with E-state index in [1.54, 1.807) is 24.3 Å². The zero-order chi connectivity index (χ0) is 13.1. The average molecular weight is 330 g/mol. The number of carboxylic acid groups (broad SMARTS) is 1. The molecule has 6 heteroatoms. The van der Waals surface area contributed by atoms with Gasteiger partial charge in [-0.2, -0.15) is 0 Å². The number of carbonyl (C=O) groups is 1. The monoisotopic (exact) mass is 329 g/mol. The molecule has 2 heterocycles. The van der Waals surface area contributed by atoms with E-state index in [2.05, 4.69) is 21.2 Å². The van der Waals surface area contributed by atoms with Crippen LogP contribution in [-0.4, -0.2) is 11.1 Å². The second-order valence-corrected chi connectivity index (χ2v) is 6.35. The van der Waals surface area contributed by atoms with Gasteiger partial charge in [0.2, 0.25) is 5.76 Å². The van der Waals surface area contributed by atoms with Crippen molar-refractivity contribution in [3.8, 4) is 0 Å². The molecule has 0 aliphatic rings. The molecule has 0 radical (unpaired) electrons. The Balaban J connectivity index is 1.92. The van der Waals surface area contributed by atoms with E-state index in [1.165, 1.54) is 4.88 Å². The molecular formula is C12H12BrNO3S. The third kappa shape index (κ3) is 3.22. The van der Waals surface area contributed by atoms with E-state index in [0.717, 1.165) is 15.9 Å². The minimum absolute atomic E-state index is 0.0110. The summed E-state index contributed by atoms with van der Waals surface area (Å²) < 4.78 is 6.24. The molecule has 0 aliphatic heterocycles. The molecule has 96 valence electrons. The van der Waals surface area contributed by atoms with Crippen molar-refractivity contribution < 1.29 is 14.3 Å². The van der Waals surface area contributed by atoms with Crippen LogP contribution in [0.15, 0.2) is 26.4 Å². The summed E-state index contributed by atoms with van der Waals surface area (Å²) in [6.07, 6.45) is 0. The van der Waals surface area contributed by atoms with Gasteiger partial charge in [-0.05, 0) is 41.1 Å². The third-order valence-corrected chi connectivity index (χ3v) is 4.10. The zero-order valence-corrected chi connectivity index (χ0v) is 12.1. The second-order valence-electron chi connectivity index (χ2n) is 3.81. The Bertz CT molecular complexity index is 561. The molecule has 2 N–H and O–H groups in total. The highest BCUT2D eigenvalue weighted by molar-refractivity contribution is 9.11.